The zero-order valence-electron chi connectivity index (χ0n) is 17.9. The highest BCUT2D eigenvalue weighted by Gasteiger charge is 2.27. The first kappa shape index (κ1) is 20.9. The smallest absolute Gasteiger partial charge is 0.222 e. The van der Waals surface area contributed by atoms with E-state index in [2.05, 4.69) is 38.5 Å². The number of H-pyrrole nitrogens is 1. The third kappa shape index (κ3) is 4.32. The highest BCUT2D eigenvalue weighted by Crippen LogP contribution is 2.39. The van der Waals surface area contributed by atoms with E-state index in [9.17, 15) is 4.39 Å². The Morgan fingerprint density at radius 2 is 1.81 bits per heavy atom. The van der Waals surface area contributed by atoms with Crippen molar-refractivity contribution >= 4 is 28.5 Å². The molecule has 2 aromatic heterocycles. The van der Waals surface area contributed by atoms with Crippen LogP contribution in [0.3, 0.4) is 0 Å². The molecule has 0 bridgehead atoms. The van der Waals surface area contributed by atoms with E-state index in [-0.39, 0.29) is 11.9 Å². The molecule has 4 aromatic rings. The van der Waals surface area contributed by atoms with Gasteiger partial charge in [-0.1, -0.05) is 11.6 Å². The fraction of sp³-hybridized carbons (Fsp3) is 0.320. The Kier molecular flexibility index (Phi) is 5.79. The van der Waals surface area contributed by atoms with Crippen LogP contribution in [0.5, 0.6) is 0 Å². The molecule has 32 heavy (non-hydrogen) atoms. The van der Waals surface area contributed by atoms with E-state index in [0.29, 0.717) is 22.8 Å². The third-order valence-electron chi connectivity index (χ3n) is 6.62. The Balaban J connectivity index is 1.22. The molecule has 1 fully saturated rings. The molecule has 0 saturated heterocycles. The number of fused-ring (bicyclic) bond motifs is 1. The van der Waals surface area contributed by atoms with Crippen molar-refractivity contribution in [3.05, 3.63) is 71.1 Å². The molecule has 164 valence electrons. The van der Waals surface area contributed by atoms with Gasteiger partial charge < -0.3 is 10.3 Å². The Bertz CT molecular complexity index is 1210. The maximum absolute atomic E-state index is 13.8. The van der Waals surface area contributed by atoms with E-state index in [1.165, 1.54) is 11.6 Å². The average molecular weight is 450 g/mol. The predicted molar refractivity (Wildman–Crippen MR) is 126 cm³/mol. The largest absolute Gasteiger partial charge is 0.352 e. The summed E-state index contributed by atoms with van der Waals surface area (Å²) in [5.41, 5.74) is 3.03. The summed E-state index contributed by atoms with van der Waals surface area (Å²) in [7, 11) is 0. The quantitative estimate of drug-likeness (QED) is 0.361. The summed E-state index contributed by atoms with van der Waals surface area (Å²) >= 11 is 5.97. The predicted octanol–water partition coefficient (Wildman–Crippen LogP) is 6.59. The van der Waals surface area contributed by atoms with E-state index in [1.807, 2.05) is 30.5 Å². The topological polar surface area (TPSA) is 66.5 Å². The number of hydrogen-bond donors (Lipinski definition) is 2. The van der Waals surface area contributed by atoms with E-state index in [4.69, 9.17) is 11.6 Å². The molecule has 1 aliphatic rings. The molecule has 2 N–H and O–H groups in total. The van der Waals surface area contributed by atoms with Crippen molar-refractivity contribution in [2.45, 2.75) is 44.6 Å². The van der Waals surface area contributed by atoms with Crippen molar-refractivity contribution in [3.8, 4) is 11.4 Å². The lowest BCUT2D eigenvalue weighted by Crippen LogP contribution is -2.29. The maximum Gasteiger partial charge on any atom is 0.222 e. The van der Waals surface area contributed by atoms with Crippen LogP contribution >= 0.6 is 11.6 Å². The van der Waals surface area contributed by atoms with Crippen LogP contribution in [0.2, 0.25) is 5.02 Å². The molecule has 7 heteroatoms. The number of rotatable bonds is 5. The summed E-state index contributed by atoms with van der Waals surface area (Å²) in [5, 5.41) is 13.6. The fourth-order valence-electron chi connectivity index (χ4n) is 4.82. The molecular formula is C25H25ClFN5. The van der Waals surface area contributed by atoms with Gasteiger partial charge in [-0.25, -0.2) is 4.39 Å². The summed E-state index contributed by atoms with van der Waals surface area (Å²) in [6.45, 7) is 2.20. The van der Waals surface area contributed by atoms with Gasteiger partial charge in [0.05, 0.1) is 5.52 Å². The second kappa shape index (κ2) is 8.87. The van der Waals surface area contributed by atoms with Crippen LogP contribution in [-0.2, 0) is 0 Å². The molecule has 1 saturated carbocycles. The summed E-state index contributed by atoms with van der Waals surface area (Å²) in [4.78, 5) is 7.66. The number of anilines is 1. The zero-order chi connectivity index (χ0) is 22.1. The molecule has 0 unspecified atom stereocenters. The first-order valence-electron chi connectivity index (χ1n) is 11.1. The molecule has 0 spiro atoms. The van der Waals surface area contributed by atoms with E-state index >= 15 is 0 Å². The molecule has 1 atom stereocenters. The monoisotopic (exact) mass is 449 g/mol. The van der Waals surface area contributed by atoms with Gasteiger partial charge in [0.2, 0.25) is 5.95 Å². The van der Waals surface area contributed by atoms with Crippen LogP contribution in [0.15, 0.2) is 54.7 Å². The maximum atomic E-state index is 13.8. The molecular weight excluding hydrogens is 425 g/mol. The molecule has 5 nitrogen and oxygen atoms in total. The van der Waals surface area contributed by atoms with Crippen LogP contribution in [-0.4, -0.2) is 26.2 Å². The van der Waals surface area contributed by atoms with Gasteiger partial charge in [0.15, 0.2) is 5.82 Å². The van der Waals surface area contributed by atoms with Crippen molar-refractivity contribution in [2.24, 2.45) is 5.92 Å². The number of aromatic amines is 1. The number of nitrogens with zero attached hydrogens (tertiary/aromatic N) is 3. The molecule has 0 aliphatic heterocycles. The second-order valence-corrected chi connectivity index (χ2v) is 9.07. The number of nitrogens with one attached hydrogen (secondary N) is 2. The lowest BCUT2D eigenvalue weighted by atomic mass is 9.75. The van der Waals surface area contributed by atoms with Crippen LogP contribution in [0, 0.1) is 11.7 Å². The van der Waals surface area contributed by atoms with Crippen LogP contribution in [0.25, 0.3) is 22.3 Å². The molecule has 0 amide bonds. The van der Waals surface area contributed by atoms with Gasteiger partial charge >= 0.3 is 0 Å². The van der Waals surface area contributed by atoms with Crippen molar-refractivity contribution < 1.29 is 4.39 Å². The van der Waals surface area contributed by atoms with Crippen LogP contribution < -0.4 is 5.32 Å². The summed E-state index contributed by atoms with van der Waals surface area (Å²) in [6.07, 6.45) is 6.22. The van der Waals surface area contributed by atoms with Gasteiger partial charge in [-0.15, -0.1) is 10.2 Å². The average Bonchev–Trinajstić information content (AvgIpc) is 3.27. The molecule has 1 aliphatic carbocycles. The number of hydrogen-bond acceptors (Lipinski definition) is 4. The highest BCUT2D eigenvalue weighted by atomic mass is 35.5. The Labute approximate surface area is 191 Å². The SMILES string of the molecule is C[C@@H](Nc1nnc(-c2ccc(Cl)cc2)[nH]1)[C@H]1CC[C@@H](c2ccnc3ccc(F)cc32)CC1. The molecule has 2 aromatic carbocycles. The van der Waals surface area contributed by atoms with Gasteiger partial charge in [0.25, 0.3) is 0 Å². The first-order valence-corrected chi connectivity index (χ1v) is 11.4. The third-order valence-corrected chi connectivity index (χ3v) is 6.88. The minimum atomic E-state index is -0.205. The van der Waals surface area contributed by atoms with Gasteiger partial charge in [0, 0.05) is 28.2 Å². The lowest BCUT2D eigenvalue weighted by Gasteiger charge is -2.33. The van der Waals surface area contributed by atoms with Crippen molar-refractivity contribution in [2.75, 3.05) is 5.32 Å². The first-order chi connectivity index (χ1) is 15.6. The van der Waals surface area contributed by atoms with Crippen LogP contribution in [0.4, 0.5) is 10.3 Å². The molecule has 2 heterocycles. The van der Waals surface area contributed by atoms with E-state index < -0.39 is 0 Å². The van der Waals surface area contributed by atoms with Gasteiger partial charge in [-0.2, -0.15) is 0 Å². The number of pyridine rings is 1. The molecule has 5 rings (SSSR count). The van der Waals surface area contributed by atoms with Crippen molar-refractivity contribution in [1.29, 1.82) is 0 Å². The Morgan fingerprint density at radius 1 is 1.03 bits per heavy atom. The second-order valence-electron chi connectivity index (χ2n) is 8.64. The Morgan fingerprint density at radius 3 is 2.59 bits per heavy atom. The summed E-state index contributed by atoms with van der Waals surface area (Å²) in [5.74, 6) is 2.17. The highest BCUT2D eigenvalue weighted by molar-refractivity contribution is 6.30. The van der Waals surface area contributed by atoms with E-state index in [0.717, 1.165) is 48.0 Å². The lowest BCUT2D eigenvalue weighted by molar-refractivity contribution is 0.301. The summed E-state index contributed by atoms with van der Waals surface area (Å²) in [6, 6.07) is 14.7. The minimum absolute atomic E-state index is 0.205. The van der Waals surface area contributed by atoms with Crippen LogP contribution in [0.1, 0.15) is 44.1 Å². The number of aromatic nitrogens is 4. The van der Waals surface area contributed by atoms with Gasteiger partial charge in [-0.3, -0.25) is 4.98 Å². The molecule has 0 radical (unpaired) electrons. The zero-order valence-corrected chi connectivity index (χ0v) is 18.6. The normalized spacial score (nSPS) is 19.7. The van der Waals surface area contributed by atoms with Crippen molar-refractivity contribution in [1.82, 2.24) is 20.2 Å². The fourth-order valence-corrected chi connectivity index (χ4v) is 4.95. The van der Waals surface area contributed by atoms with E-state index in [1.54, 1.807) is 12.1 Å². The van der Waals surface area contributed by atoms with Crippen molar-refractivity contribution in [3.63, 3.8) is 0 Å². The minimum Gasteiger partial charge on any atom is -0.352 e. The van der Waals surface area contributed by atoms with Gasteiger partial charge in [-0.05, 0) is 98.5 Å². The standard InChI is InChI=1S/C25H25ClFN5/c1-15(29-25-30-24(31-32-25)18-6-8-19(26)9-7-18)16-2-4-17(5-3-16)21-12-13-28-23-11-10-20(27)14-22(21)23/h6-17H,2-5H2,1H3,(H2,29,30,31,32)/t15-,16-,17+/m1/s1. The summed E-state index contributed by atoms with van der Waals surface area (Å²) < 4.78 is 13.8. The van der Waals surface area contributed by atoms with Gasteiger partial charge in [0.1, 0.15) is 5.82 Å². The Hall–Kier alpha value is -2.99. The number of halogens is 2. The number of benzene rings is 2.